The number of hydrogen-bond donors (Lipinski definition) is 1. The average molecular weight is 344 g/mol. The van der Waals surface area contributed by atoms with Crippen LogP contribution in [0.15, 0.2) is 29.8 Å². The molecule has 3 rings (SSSR count). The van der Waals surface area contributed by atoms with Crippen LogP contribution in [0, 0.1) is 0 Å². The van der Waals surface area contributed by atoms with Crippen LogP contribution in [0.5, 0.6) is 5.75 Å². The summed E-state index contributed by atoms with van der Waals surface area (Å²) in [7, 11) is 1.55. The number of anilines is 1. The molecular formula is C19H24N2O4. The molecule has 0 spiro atoms. The number of ether oxygens (including phenoxy) is 2. The Morgan fingerprint density at radius 1 is 1.20 bits per heavy atom. The zero-order chi connectivity index (χ0) is 17.6. The number of nitrogens with zero attached hydrogens (tertiary/aromatic N) is 1. The molecule has 2 amide bonds. The third kappa shape index (κ3) is 4.20. The van der Waals surface area contributed by atoms with Crippen molar-refractivity contribution in [3.63, 3.8) is 0 Å². The van der Waals surface area contributed by atoms with Gasteiger partial charge in [0.2, 0.25) is 0 Å². The number of allylic oxidation sites excluding steroid dienone is 1. The van der Waals surface area contributed by atoms with Crippen molar-refractivity contribution in [2.24, 2.45) is 0 Å². The van der Waals surface area contributed by atoms with Gasteiger partial charge < -0.3 is 19.7 Å². The molecule has 0 bridgehead atoms. The van der Waals surface area contributed by atoms with E-state index in [1.54, 1.807) is 30.2 Å². The summed E-state index contributed by atoms with van der Waals surface area (Å²) < 4.78 is 10.6. The number of morpholine rings is 1. The normalized spacial score (nSPS) is 17.6. The van der Waals surface area contributed by atoms with Crippen LogP contribution in [-0.4, -0.2) is 50.1 Å². The summed E-state index contributed by atoms with van der Waals surface area (Å²) in [5, 5.41) is 2.90. The van der Waals surface area contributed by atoms with E-state index in [0.29, 0.717) is 43.3 Å². The van der Waals surface area contributed by atoms with Gasteiger partial charge in [-0.05, 0) is 43.9 Å². The fourth-order valence-corrected chi connectivity index (χ4v) is 3.13. The molecule has 6 nitrogen and oxygen atoms in total. The van der Waals surface area contributed by atoms with E-state index in [0.717, 1.165) is 31.3 Å². The molecule has 0 unspecified atom stereocenters. The number of carbonyl (C=O) groups excluding carboxylic acids is 2. The van der Waals surface area contributed by atoms with Crippen molar-refractivity contribution >= 4 is 17.5 Å². The molecule has 0 radical (unpaired) electrons. The zero-order valence-electron chi connectivity index (χ0n) is 14.5. The van der Waals surface area contributed by atoms with E-state index in [1.807, 2.05) is 6.08 Å². The van der Waals surface area contributed by atoms with Crippen LogP contribution in [0.25, 0.3) is 0 Å². The van der Waals surface area contributed by atoms with Crippen LogP contribution in [0.2, 0.25) is 0 Å². The number of hydrogen-bond acceptors (Lipinski definition) is 4. The van der Waals surface area contributed by atoms with E-state index < -0.39 is 0 Å². The molecule has 0 aromatic heterocycles. The van der Waals surface area contributed by atoms with Crippen LogP contribution < -0.4 is 10.1 Å². The fourth-order valence-electron chi connectivity index (χ4n) is 3.13. The number of methoxy groups -OCH3 is 1. The SMILES string of the molecule is COc1ccc(C(=O)N2CCOCC2)cc1NC(=O)C1=CCCCC1. The maximum atomic E-state index is 12.6. The topological polar surface area (TPSA) is 67.9 Å². The second-order valence-corrected chi connectivity index (χ2v) is 6.25. The number of benzene rings is 1. The third-order valence-electron chi connectivity index (χ3n) is 4.58. The first-order valence-electron chi connectivity index (χ1n) is 8.74. The van der Waals surface area contributed by atoms with E-state index in [4.69, 9.17) is 9.47 Å². The van der Waals surface area contributed by atoms with E-state index >= 15 is 0 Å². The first-order valence-corrected chi connectivity index (χ1v) is 8.74. The molecule has 134 valence electrons. The molecule has 1 N–H and O–H groups in total. The quantitative estimate of drug-likeness (QED) is 0.912. The van der Waals surface area contributed by atoms with Crippen molar-refractivity contribution in [3.8, 4) is 5.75 Å². The lowest BCUT2D eigenvalue weighted by atomic mass is 9.99. The molecule has 0 saturated carbocycles. The van der Waals surface area contributed by atoms with Gasteiger partial charge in [-0.1, -0.05) is 6.08 Å². The van der Waals surface area contributed by atoms with Gasteiger partial charge in [-0.25, -0.2) is 0 Å². The molecule has 2 aliphatic rings. The minimum absolute atomic E-state index is 0.0571. The Balaban J connectivity index is 1.78. The smallest absolute Gasteiger partial charge is 0.254 e. The van der Waals surface area contributed by atoms with Gasteiger partial charge in [0.15, 0.2) is 0 Å². The summed E-state index contributed by atoms with van der Waals surface area (Å²) in [6.45, 7) is 2.28. The Bertz CT molecular complexity index is 678. The minimum atomic E-state index is -0.117. The number of carbonyl (C=O) groups is 2. The van der Waals surface area contributed by atoms with Gasteiger partial charge in [0.25, 0.3) is 11.8 Å². The van der Waals surface area contributed by atoms with Crippen LogP contribution in [0.4, 0.5) is 5.69 Å². The largest absolute Gasteiger partial charge is 0.495 e. The predicted molar refractivity (Wildman–Crippen MR) is 94.9 cm³/mol. The molecule has 1 aromatic carbocycles. The second kappa shape index (κ2) is 8.16. The average Bonchev–Trinajstić information content (AvgIpc) is 2.68. The highest BCUT2D eigenvalue weighted by Crippen LogP contribution is 2.28. The molecule has 1 fully saturated rings. The standard InChI is InChI=1S/C19H24N2O4/c1-24-17-8-7-15(19(23)21-9-11-25-12-10-21)13-16(17)20-18(22)14-5-3-2-4-6-14/h5,7-8,13H,2-4,6,9-12H2,1H3,(H,20,22). The first-order chi connectivity index (χ1) is 12.2. The molecule has 1 aliphatic heterocycles. The molecule has 1 saturated heterocycles. The number of rotatable bonds is 4. The van der Waals surface area contributed by atoms with Gasteiger partial charge in [-0.2, -0.15) is 0 Å². The second-order valence-electron chi connectivity index (χ2n) is 6.25. The fraction of sp³-hybridized carbons (Fsp3) is 0.474. The molecule has 0 atom stereocenters. The highest BCUT2D eigenvalue weighted by atomic mass is 16.5. The van der Waals surface area contributed by atoms with Crippen LogP contribution in [0.3, 0.4) is 0 Å². The summed E-state index contributed by atoms with van der Waals surface area (Å²) in [6, 6.07) is 5.14. The monoisotopic (exact) mass is 344 g/mol. The van der Waals surface area contributed by atoms with E-state index in [1.165, 1.54) is 0 Å². The summed E-state index contributed by atoms with van der Waals surface area (Å²) in [5.74, 6) is 0.371. The lowest BCUT2D eigenvalue weighted by Gasteiger charge is -2.27. The van der Waals surface area contributed by atoms with Crippen molar-refractivity contribution in [1.82, 2.24) is 4.90 Å². The van der Waals surface area contributed by atoms with E-state index in [2.05, 4.69) is 5.32 Å². The summed E-state index contributed by atoms with van der Waals surface area (Å²) in [4.78, 5) is 26.9. The van der Waals surface area contributed by atoms with Crippen molar-refractivity contribution in [1.29, 1.82) is 0 Å². The highest BCUT2D eigenvalue weighted by Gasteiger charge is 2.21. The molecule has 1 heterocycles. The predicted octanol–water partition coefficient (Wildman–Crippen LogP) is 2.61. The van der Waals surface area contributed by atoms with Gasteiger partial charge >= 0.3 is 0 Å². The number of amides is 2. The molecular weight excluding hydrogens is 320 g/mol. The highest BCUT2D eigenvalue weighted by molar-refractivity contribution is 6.05. The van der Waals surface area contributed by atoms with Crippen molar-refractivity contribution < 1.29 is 19.1 Å². The first kappa shape index (κ1) is 17.5. The third-order valence-corrected chi connectivity index (χ3v) is 4.58. The van der Waals surface area contributed by atoms with Crippen LogP contribution in [0.1, 0.15) is 36.0 Å². The van der Waals surface area contributed by atoms with Gasteiger partial charge in [0.1, 0.15) is 5.75 Å². The Morgan fingerprint density at radius 2 is 2.00 bits per heavy atom. The Kier molecular flexibility index (Phi) is 5.71. The summed E-state index contributed by atoms with van der Waals surface area (Å²) >= 11 is 0. The minimum Gasteiger partial charge on any atom is -0.495 e. The summed E-state index contributed by atoms with van der Waals surface area (Å²) in [6.07, 6.45) is 5.89. The molecule has 25 heavy (non-hydrogen) atoms. The van der Waals surface area contributed by atoms with Gasteiger partial charge in [-0.15, -0.1) is 0 Å². The van der Waals surface area contributed by atoms with E-state index in [-0.39, 0.29) is 11.8 Å². The van der Waals surface area contributed by atoms with Crippen molar-refractivity contribution in [3.05, 3.63) is 35.4 Å². The molecule has 1 aliphatic carbocycles. The van der Waals surface area contributed by atoms with Crippen LogP contribution >= 0.6 is 0 Å². The Morgan fingerprint density at radius 3 is 2.68 bits per heavy atom. The van der Waals surface area contributed by atoms with Gasteiger partial charge in [0.05, 0.1) is 26.0 Å². The van der Waals surface area contributed by atoms with Crippen molar-refractivity contribution in [2.45, 2.75) is 25.7 Å². The van der Waals surface area contributed by atoms with Gasteiger partial charge in [-0.3, -0.25) is 9.59 Å². The van der Waals surface area contributed by atoms with Crippen LogP contribution in [-0.2, 0) is 9.53 Å². The lowest BCUT2D eigenvalue weighted by Crippen LogP contribution is -2.40. The molecule has 1 aromatic rings. The van der Waals surface area contributed by atoms with E-state index in [9.17, 15) is 9.59 Å². The zero-order valence-corrected chi connectivity index (χ0v) is 14.5. The molecule has 6 heteroatoms. The Hall–Kier alpha value is -2.34. The number of nitrogens with one attached hydrogen (secondary N) is 1. The Labute approximate surface area is 147 Å². The summed E-state index contributed by atoms with van der Waals surface area (Å²) in [5.41, 5.74) is 1.87. The maximum absolute atomic E-state index is 12.6. The van der Waals surface area contributed by atoms with Crippen molar-refractivity contribution in [2.75, 3.05) is 38.7 Å². The lowest BCUT2D eigenvalue weighted by molar-refractivity contribution is -0.113. The maximum Gasteiger partial charge on any atom is 0.254 e. The van der Waals surface area contributed by atoms with Gasteiger partial charge in [0, 0.05) is 24.2 Å².